The van der Waals surface area contributed by atoms with E-state index in [-0.39, 0.29) is 0 Å². The number of hydrogen-bond acceptors (Lipinski definition) is 12. The third-order valence-electron chi connectivity index (χ3n) is 11.6. The molecule has 0 saturated carbocycles. The molecule has 14 heteroatoms. The van der Waals surface area contributed by atoms with E-state index in [9.17, 15) is 0 Å². The van der Waals surface area contributed by atoms with Crippen LogP contribution in [0.15, 0.2) is 67.5 Å². The Morgan fingerprint density at radius 2 is 1.32 bits per heavy atom. The summed E-state index contributed by atoms with van der Waals surface area (Å²) in [6.45, 7) is 16.0. The summed E-state index contributed by atoms with van der Waals surface area (Å²) in [6.07, 6.45) is 9.08. The van der Waals surface area contributed by atoms with E-state index in [1.807, 2.05) is 12.4 Å². The second-order valence-corrected chi connectivity index (χ2v) is 15.4. The van der Waals surface area contributed by atoms with Gasteiger partial charge in [-0.3, -0.25) is 9.80 Å². The van der Waals surface area contributed by atoms with E-state index in [2.05, 4.69) is 105 Å². The number of aromatic nitrogens is 6. The van der Waals surface area contributed by atoms with Gasteiger partial charge in [-0.1, -0.05) is 13.8 Å². The van der Waals surface area contributed by atoms with Crippen LogP contribution in [0.4, 0.5) is 11.6 Å². The number of rotatable bonds is 18. The Morgan fingerprint density at radius 3 is 1.97 bits per heavy atom. The van der Waals surface area contributed by atoms with Crippen LogP contribution in [0, 0.1) is 0 Å². The lowest BCUT2D eigenvalue weighted by atomic mass is 10.1. The molecule has 0 aliphatic carbocycles. The second kappa shape index (κ2) is 19.3. The number of piperazine rings is 2. The van der Waals surface area contributed by atoms with Crippen molar-refractivity contribution in [2.75, 3.05) is 103 Å². The van der Waals surface area contributed by atoms with Gasteiger partial charge in [-0.2, -0.15) is 0 Å². The second-order valence-electron chi connectivity index (χ2n) is 15.4. The standard InChI is InChI=1S/C45H58N10O4/c1-5-34-26-46-31-48-44(34)53-13-9-51(10-14-53)28-37-24-40-41(50-37)21-33(30-58-19-17-56-3)22-43(40)55-38(23-36-7-8-39(25-42(36)55)59-20-18-57-4)29-52-11-15-54(16-12-52)45-35(6-2)27-47-32-49-45/h7-8,21-27,31-32,50H,5-6,9-20,28-30H2,1-4H3. The monoisotopic (exact) mass is 802 g/mol. The molecule has 0 atom stereocenters. The third kappa shape index (κ3) is 9.37. The molecule has 2 fully saturated rings. The molecule has 0 spiro atoms. The molecule has 6 aromatic rings. The van der Waals surface area contributed by atoms with Gasteiger partial charge in [-0.15, -0.1) is 0 Å². The summed E-state index contributed by atoms with van der Waals surface area (Å²) in [5.74, 6) is 2.95. The first-order valence-corrected chi connectivity index (χ1v) is 21.0. The first kappa shape index (κ1) is 40.7. The van der Waals surface area contributed by atoms with Gasteiger partial charge in [0.1, 0.15) is 36.6 Å². The van der Waals surface area contributed by atoms with Crippen LogP contribution in [0.1, 0.15) is 41.9 Å². The molecule has 312 valence electrons. The van der Waals surface area contributed by atoms with Crippen LogP contribution in [0.5, 0.6) is 5.75 Å². The highest BCUT2D eigenvalue weighted by Gasteiger charge is 2.25. The van der Waals surface area contributed by atoms with Gasteiger partial charge >= 0.3 is 0 Å². The molecule has 8 rings (SSSR count). The number of methoxy groups -OCH3 is 2. The summed E-state index contributed by atoms with van der Waals surface area (Å²) in [7, 11) is 3.40. The van der Waals surface area contributed by atoms with Gasteiger partial charge in [0.25, 0.3) is 0 Å². The number of fused-ring (bicyclic) bond motifs is 2. The minimum atomic E-state index is 0.482. The third-order valence-corrected chi connectivity index (χ3v) is 11.6. The summed E-state index contributed by atoms with van der Waals surface area (Å²) in [4.78, 5) is 31.6. The van der Waals surface area contributed by atoms with Crippen molar-refractivity contribution in [3.05, 3.63) is 95.6 Å². The number of anilines is 2. The van der Waals surface area contributed by atoms with Crippen molar-refractivity contribution < 1.29 is 18.9 Å². The normalized spacial score (nSPS) is 15.5. The Morgan fingerprint density at radius 1 is 0.678 bits per heavy atom. The van der Waals surface area contributed by atoms with E-state index >= 15 is 0 Å². The summed E-state index contributed by atoms with van der Waals surface area (Å²) in [6, 6.07) is 15.7. The van der Waals surface area contributed by atoms with Crippen LogP contribution in [-0.4, -0.2) is 132 Å². The predicted molar refractivity (Wildman–Crippen MR) is 232 cm³/mol. The molecular formula is C45H58N10O4. The molecular weight excluding hydrogens is 745 g/mol. The minimum Gasteiger partial charge on any atom is -0.491 e. The summed E-state index contributed by atoms with van der Waals surface area (Å²) in [5.41, 5.74) is 9.25. The average molecular weight is 803 g/mol. The lowest BCUT2D eigenvalue weighted by molar-refractivity contribution is 0.0617. The van der Waals surface area contributed by atoms with Crippen LogP contribution in [0.25, 0.3) is 27.5 Å². The van der Waals surface area contributed by atoms with Crippen LogP contribution >= 0.6 is 0 Å². The highest BCUT2D eigenvalue weighted by Crippen LogP contribution is 2.35. The quantitative estimate of drug-likeness (QED) is 0.108. The molecule has 2 aliphatic heterocycles. The van der Waals surface area contributed by atoms with Crippen molar-refractivity contribution in [3.8, 4) is 11.4 Å². The number of nitrogens with zero attached hydrogens (tertiary/aromatic N) is 9. The zero-order valence-electron chi connectivity index (χ0n) is 35.0. The van der Waals surface area contributed by atoms with E-state index < -0.39 is 0 Å². The minimum absolute atomic E-state index is 0.482. The number of benzene rings is 2. The molecule has 2 saturated heterocycles. The van der Waals surface area contributed by atoms with Crippen molar-refractivity contribution in [3.63, 3.8) is 0 Å². The maximum Gasteiger partial charge on any atom is 0.135 e. The molecule has 2 aliphatic rings. The highest BCUT2D eigenvalue weighted by molar-refractivity contribution is 5.94. The number of hydrogen-bond donors (Lipinski definition) is 1. The summed E-state index contributed by atoms with van der Waals surface area (Å²) < 4.78 is 25.4. The number of nitrogens with one attached hydrogen (secondary N) is 1. The van der Waals surface area contributed by atoms with Crippen LogP contribution in [0.2, 0.25) is 0 Å². The Labute approximate surface area is 347 Å². The smallest absolute Gasteiger partial charge is 0.135 e. The summed E-state index contributed by atoms with van der Waals surface area (Å²) in [5, 5.41) is 2.35. The van der Waals surface area contributed by atoms with Gasteiger partial charge in [-0.25, -0.2) is 19.9 Å². The topological polar surface area (TPSA) is 122 Å². The lowest BCUT2D eigenvalue weighted by Crippen LogP contribution is -2.46. The Hall–Kier alpha value is -5.12. The Bertz CT molecular complexity index is 2290. The maximum absolute atomic E-state index is 6.18. The van der Waals surface area contributed by atoms with Crippen molar-refractivity contribution >= 4 is 33.4 Å². The van der Waals surface area contributed by atoms with E-state index in [0.717, 1.165) is 118 Å². The lowest BCUT2D eigenvalue weighted by Gasteiger charge is -2.36. The molecule has 0 radical (unpaired) electrons. The maximum atomic E-state index is 6.18. The van der Waals surface area contributed by atoms with Gasteiger partial charge in [0.15, 0.2) is 0 Å². The van der Waals surface area contributed by atoms with E-state index in [1.54, 1.807) is 26.9 Å². The van der Waals surface area contributed by atoms with Crippen molar-refractivity contribution in [1.29, 1.82) is 0 Å². The fourth-order valence-electron chi connectivity index (χ4n) is 8.47. The van der Waals surface area contributed by atoms with E-state index in [4.69, 9.17) is 18.9 Å². The van der Waals surface area contributed by atoms with Crippen molar-refractivity contribution in [2.24, 2.45) is 0 Å². The van der Waals surface area contributed by atoms with Gasteiger partial charge in [0, 0.05) is 137 Å². The first-order chi connectivity index (χ1) is 29.0. The molecule has 14 nitrogen and oxygen atoms in total. The van der Waals surface area contributed by atoms with Crippen LogP contribution in [-0.2, 0) is 46.7 Å². The molecule has 0 bridgehead atoms. The number of aromatic amines is 1. The zero-order valence-corrected chi connectivity index (χ0v) is 35.0. The SMILES string of the molecule is CCc1cncnc1N1CCN(Cc2cc3c(-n4c(CN5CCN(c6ncncc6CC)CC5)cc5ccc(OCCOC)cc54)cc(COCCOC)cc3[nH]2)CC1. The molecule has 0 unspecified atom stereocenters. The Kier molecular flexibility index (Phi) is 13.3. The molecule has 6 heterocycles. The van der Waals surface area contributed by atoms with Gasteiger partial charge < -0.3 is 38.3 Å². The zero-order chi connectivity index (χ0) is 40.6. The molecule has 4 aromatic heterocycles. The fraction of sp³-hybridized carbons (Fsp3) is 0.467. The molecule has 0 amide bonds. The average Bonchev–Trinajstić information content (AvgIpc) is 3.85. The van der Waals surface area contributed by atoms with Crippen molar-refractivity contribution in [2.45, 2.75) is 46.4 Å². The van der Waals surface area contributed by atoms with Gasteiger partial charge in [-0.05, 0) is 54.8 Å². The number of aryl methyl sites for hydroxylation is 2. The highest BCUT2D eigenvalue weighted by atomic mass is 16.5. The van der Waals surface area contributed by atoms with Gasteiger partial charge in [0.05, 0.1) is 37.6 Å². The molecule has 59 heavy (non-hydrogen) atoms. The van der Waals surface area contributed by atoms with Crippen LogP contribution < -0.4 is 14.5 Å². The Balaban J connectivity index is 1.11. The fourth-order valence-corrected chi connectivity index (χ4v) is 8.47. The van der Waals surface area contributed by atoms with E-state index in [0.29, 0.717) is 33.0 Å². The summed E-state index contributed by atoms with van der Waals surface area (Å²) >= 11 is 0. The largest absolute Gasteiger partial charge is 0.491 e. The number of H-pyrrole nitrogens is 1. The predicted octanol–water partition coefficient (Wildman–Crippen LogP) is 5.65. The van der Waals surface area contributed by atoms with E-state index in [1.165, 1.54) is 33.3 Å². The van der Waals surface area contributed by atoms with Crippen molar-refractivity contribution in [1.82, 2.24) is 39.3 Å². The number of ether oxygens (including phenoxy) is 4. The first-order valence-electron chi connectivity index (χ1n) is 21.0. The van der Waals surface area contributed by atoms with Gasteiger partial charge in [0.2, 0.25) is 0 Å². The molecule has 1 N–H and O–H groups in total. The van der Waals surface area contributed by atoms with Crippen LogP contribution in [0.3, 0.4) is 0 Å². The molecule has 2 aromatic carbocycles.